The Morgan fingerprint density at radius 2 is 1.89 bits per heavy atom. The minimum atomic E-state index is 0.146. The number of rotatable bonds is 9. The third kappa shape index (κ3) is 5.18. The molecule has 2 heterocycles. The molecule has 5 heteroatoms. The highest BCUT2D eigenvalue weighted by Crippen LogP contribution is 2.21. The first-order valence-electron chi connectivity index (χ1n) is 10.5. The van der Waals surface area contributed by atoms with Crippen LogP contribution in [-0.2, 0) is 6.42 Å². The highest BCUT2D eigenvalue weighted by Gasteiger charge is 2.31. The summed E-state index contributed by atoms with van der Waals surface area (Å²) >= 11 is 0. The lowest BCUT2D eigenvalue weighted by molar-refractivity contribution is 0.456. The van der Waals surface area contributed by atoms with E-state index < -0.39 is 0 Å². The second-order valence-corrected chi connectivity index (χ2v) is 7.69. The SMILES string of the molecule is CCCCCCCCc1ccc(C2=NCC([C@@H]3CCCN3C(=N)N)=N2)cc1. The average Bonchev–Trinajstić information content (AvgIpc) is 3.34. The van der Waals surface area contributed by atoms with Crippen LogP contribution in [0, 0.1) is 5.41 Å². The maximum absolute atomic E-state index is 7.74. The first-order chi connectivity index (χ1) is 13.2. The third-order valence-electron chi connectivity index (χ3n) is 5.62. The summed E-state index contributed by atoms with van der Waals surface area (Å²) < 4.78 is 0. The molecule has 0 saturated carbocycles. The molecule has 0 bridgehead atoms. The van der Waals surface area contributed by atoms with Gasteiger partial charge in [-0.2, -0.15) is 0 Å². The molecule has 0 spiro atoms. The Labute approximate surface area is 163 Å². The lowest BCUT2D eigenvalue weighted by atomic mass is 10.0. The molecule has 0 amide bonds. The Morgan fingerprint density at radius 3 is 2.63 bits per heavy atom. The van der Waals surface area contributed by atoms with E-state index in [0.717, 1.165) is 42.9 Å². The van der Waals surface area contributed by atoms with Crippen molar-refractivity contribution in [2.24, 2.45) is 15.7 Å². The van der Waals surface area contributed by atoms with Crippen LogP contribution < -0.4 is 5.73 Å². The second kappa shape index (κ2) is 9.67. The van der Waals surface area contributed by atoms with Gasteiger partial charge >= 0.3 is 0 Å². The van der Waals surface area contributed by atoms with E-state index >= 15 is 0 Å². The lowest BCUT2D eigenvalue weighted by Gasteiger charge is -2.24. The molecule has 1 atom stereocenters. The monoisotopic (exact) mass is 367 g/mol. The highest BCUT2D eigenvalue weighted by atomic mass is 15.3. The van der Waals surface area contributed by atoms with Crippen LogP contribution in [0.2, 0.25) is 0 Å². The van der Waals surface area contributed by atoms with Gasteiger partial charge < -0.3 is 10.6 Å². The molecule has 1 aromatic rings. The zero-order valence-electron chi connectivity index (χ0n) is 16.6. The van der Waals surface area contributed by atoms with E-state index in [4.69, 9.17) is 16.1 Å². The van der Waals surface area contributed by atoms with E-state index in [1.54, 1.807) is 0 Å². The molecule has 1 fully saturated rings. The number of nitrogens with zero attached hydrogens (tertiary/aromatic N) is 3. The van der Waals surface area contributed by atoms with Crippen LogP contribution in [0.15, 0.2) is 34.3 Å². The zero-order chi connectivity index (χ0) is 19.1. The molecule has 3 rings (SSSR count). The van der Waals surface area contributed by atoms with Crippen molar-refractivity contribution in [2.45, 2.75) is 70.8 Å². The van der Waals surface area contributed by atoms with Crippen LogP contribution in [-0.4, -0.2) is 41.5 Å². The smallest absolute Gasteiger partial charge is 0.188 e. The van der Waals surface area contributed by atoms with Crippen molar-refractivity contribution < 1.29 is 0 Å². The second-order valence-electron chi connectivity index (χ2n) is 7.69. The maximum Gasteiger partial charge on any atom is 0.188 e. The first-order valence-corrected chi connectivity index (χ1v) is 10.5. The predicted molar refractivity (Wildman–Crippen MR) is 114 cm³/mol. The number of hydrogen-bond acceptors (Lipinski definition) is 3. The highest BCUT2D eigenvalue weighted by molar-refractivity contribution is 6.13. The summed E-state index contributed by atoms with van der Waals surface area (Å²) in [5.74, 6) is 0.971. The number of nitrogens with one attached hydrogen (secondary N) is 1. The number of benzene rings is 1. The minimum Gasteiger partial charge on any atom is -0.370 e. The van der Waals surface area contributed by atoms with Crippen molar-refractivity contribution in [3.8, 4) is 0 Å². The standard InChI is InChI=1S/C22H33N5/c1-2-3-4-5-6-7-9-17-11-13-18(14-12-17)21-25-16-19(26-21)20-10-8-15-27(20)22(23)24/h11-14,20H,2-10,15-16H2,1H3,(H3,23,24)/t20-/m0/s1. The summed E-state index contributed by atoms with van der Waals surface area (Å²) in [5.41, 5.74) is 9.24. The molecule has 146 valence electrons. The van der Waals surface area contributed by atoms with Gasteiger partial charge in [-0.3, -0.25) is 10.4 Å². The number of amidine groups is 1. The molecule has 0 radical (unpaired) electrons. The summed E-state index contributed by atoms with van der Waals surface area (Å²) in [5, 5.41) is 7.74. The minimum absolute atomic E-state index is 0.146. The van der Waals surface area contributed by atoms with Crippen molar-refractivity contribution in [3.05, 3.63) is 35.4 Å². The van der Waals surface area contributed by atoms with Crippen LogP contribution in [0.4, 0.5) is 0 Å². The van der Waals surface area contributed by atoms with Gasteiger partial charge in [0.15, 0.2) is 11.8 Å². The molecule has 3 N–H and O–H groups in total. The summed E-state index contributed by atoms with van der Waals surface area (Å²) in [6, 6.07) is 8.88. The number of nitrogens with two attached hydrogens (primary N) is 1. The van der Waals surface area contributed by atoms with Crippen LogP contribution in [0.3, 0.4) is 0 Å². The van der Waals surface area contributed by atoms with Crippen molar-refractivity contribution in [2.75, 3.05) is 13.1 Å². The molecule has 1 saturated heterocycles. The molecule has 2 aliphatic rings. The number of likely N-dealkylation sites (tertiary alicyclic amines) is 1. The fourth-order valence-corrected chi connectivity index (χ4v) is 4.03. The van der Waals surface area contributed by atoms with Gasteiger partial charge in [0, 0.05) is 12.1 Å². The maximum atomic E-state index is 7.74. The van der Waals surface area contributed by atoms with Gasteiger partial charge in [0.25, 0.3) is 0 Å². The van der Waals surface area contributed by atoms with Crippen molar-refractivity contribution in [1.82, 2.24) is 4.90 Å². The van der Waals surface area contributed by atoms with E-state index in [1.165, 1.54) is 44.1 Å². The molecule has 5 nitrogen and oxygen atoms in total. The third-order valence-corrected chi connectivity index (χ3v) is 5.62. The van der Waals surface area contributed by atoms with E-state index in [0.29, 0.717) is 6.54 Å². The van der Waals surface area contributed by atoms with Gasteiger partial charge in [0.1, 0.15) is 0 Å². The fraction of sp³-hybridized carbons (Fsp3) is 0.591. The molecule has 2 aliphatic heterocycles. The largest absolute Gasteiger partial charge is 0.370 e. The summed E-state index contributed by atoms with van der Waals surface area (Å²) in [6.45, 7) is 3.74. The summed E-state index contributed by atoms with van der Waals surface area (Å²) in [7, 11) is 0. The number of aliphatic imine (C=N–C) groups is 2. The Hall–Kier alpha value is -2.17. The van der Waals surface area contributed by atoms with Gasteiger partial charge in [-0.1, -0.05) is 63.3 Å². The van der Waals surface area contributed by atoms with Crippen molar-refractivity contribution >= 4 is 17.5 Å². The van der Waals surface area contributed by atoms with Gasteiger partial charge in [-0.05, 0) is 31.2 Å². The van der Waals surface area contributed by atoms with E-state index in [-0.39, 0.29) is 12.0 Å². The molecule has 0 aliphatic carbocycles. The lowest BCUT2D eigenvalue weighted by Crippen LogP contribution is -2.44. The molecule has 0 aromatic heterocycles. The molecule has 1 aromatic carbocycles. The van der Waals surface area contributed by atoms with Gasteiger partial charge in [-0.15, -0.1) is 0 Å². The van der Waals surface area contributed by atoms with Gasteiger partial charge in [0.05, 0.1) is 18.3 Å². The molecule has 27 heavy (non-hydrogen) atoms. The van der Waals surface area contributed by atoms with E-state index in [1.807, 2.05) is 4.90 Å². The summed E-state index contributed by atoms with van der Waals surface area (Å²) in [6.07, 6.45) is 11.2. The average molecular weight is 368 g/mol. The molecule has 0 unspecified atom stereocenters. The Kier molecular flexibility index (Phi) is 7.02. The molecular weight excluding hydrogens is 334 g/mol. The van der Waals surface area contributed by atoms with Crippen LogP contribution >= 0.6 is 0 Å². The Balaban J connectivity index is 1.52. The van der Waals surface area contributed by atoms with Crippen LogP contribution in [0.1, 0.15) is 69.4 Å². The van der Waals surface area contributed by atoms with Gasteiger partial charge in [-0.25, -0.2) is 4.99 Å². The first kappa shape index (κ1) is 19.6. The predicted octanol–water partition coefficient (Wildman–Crippen LogP) is 4.15. The molecular formula is C22H33N5. The number of aryl methyl sites for hydroxylation is 1. The number of hydrogen-bond donors (Lipinski definition) is 2. The van der Waals surface area contributed by atoms with Crippen molar-refractivity contribution in [1.29, 1.82) is 5.41 Å². The number of unbranched alkanes of at least 4 members (excludes halogenated alkanes) is 5. The Bertz CT molecular complexity index is 689. The van der Waals surface area contributed by atoms with Crippen LogP contribution in [0.25, 0.3) is 0 Å². The quantitative estimate of drug-likeness (QED) is 0.391. The van der Waals surface area contributed by atoms with E-state index in [2.05, 4.69) is 36.2 Å². The summed E-state index contributed by atoms with van der Waals surface area (Å²) in [4.78, 5) is 11.4. The fourth-order valence-electron chi connectivity index (χ4n) is 4.03. The van der Waals surface area contributed by atoms with Crippen molar-refractivity contribution in [3.63, 3.8) is 0 Å². The zero-order valence-corrected chi connectivity index (χ0v) is 16.6. The van der Waals surface area contributed by atoms with Gasteiger partial charge in [0.2, 0.25) is 0 Å². The number of guanidine groups is 1. The normalized spacial score (nSPS) is 19.3. The Morgan fingerprint density at radius 1 is 1.15 bits per heavy atom. The van der Waals surface area contributed by atoms with Crippen LogP contribution in [0.5, 0.6) is 0 Å². The van der Waals surface area contributed by atoms with E-state index in [9.17, 15) is 0 Å². The topological polar surface area (TPSA) is 77.8 Å².